The summed E-state index contributed by atoms with van der Waals surface area (Å²) in [6.45, 7) is 25.0. The number of hydrogen-bond acceptors (Lipinski definition) is 2. The van der Waals surface area contributed by atoms with Crippen molar-refractivity contribution >= 4 is 0 Å². The second-order valence-corrected chi connectivity index (χ2v) is 6.86. The maximum absolute atomic E-state index is 3.57. The summed E-state index contributed by atoms with van der Waals surface area (Å²) in [5.41, 5.74) is 5.42. The Morgan fingerprint density at radius 2 is 1.82 bits per heavy atom. The molecule has 0 saturated carbocycles. The monoisotopic (exact) mass is 388 g/mol. The SMILES string of the molecule is C/C=C(C)\C=C(\C)C1=CC=C(CN(CC)CCCC)CCN1.C=CCC.CC. The van der Waals surface area contributed by atoms with Gasteiger partial charge in [-0.1, -0.05) is 76.5 Å². The standard InChI is InChI=1S/C20H34N2.C4H8.C2H6/c1-6-9-14-22(8-3)16-19-10-11-20(21-13-12-19)18(5)15-17(4)7-2;1-3-4-2;1-2/h7,10-11,15,21H,6,8-9,12-14,16H2,1-5H3;3H,1,4H2,2H3;1-2H3/b17-7-,18-15-;;. The van der Waals surface area contributed by atoms with Gasteiger partial charge in [-0.3, -0.25) is 4.90 Å². The van der Waals surface area contributed by atoms with Gasteiger partial charge in [0, 0.05) is 18.8 Å². The van der Waals surface area contributed by atoms with Crippen molar-refractivity contribution in [1.82, 2.24) is 10.2 Å². The van der Waals surface area contributed by atoms with Crippen LogP contribution in [0.15, 0.2) is 59.4 Å². The van der Waals surface area contributed by atoms with Crippen LogP contribution in [0.3, 0.4) is 0 Å². The van der Waals surface area contributed by atoms with Crippen LogP contribution < -0.4 is 5.32 Å². The van der Waals surface area contributed by atoms with Gasteiger partial charge < -0.3 is 5.32 Å². The molecule has 2 nitrogen and oxygen atoms in total. The predicted molar refractivity (Wildman–Crippen MR) is 131 cm³/mol. The highest BCUT2D eigenvalue weighted by molar-refractivity contribution is 5.37. The maximum atomic E-state index is 3.57. The van der Waals surface area contributed by atoms with E-state index >= 15 is 0 Å². The minimum absolute atomic E-state index is 1.03. The molecule has 0 atom stereocenters. The zero-order valence-electron chi connectivity index (χ0n) is 20.2. The molecule has 0 aromatic heterocycles. The molecule has 0 aromatic carbocycles. The number of nitrogens with zero attached hydrogens (tertiary/aromatic N) is 1. The zero-order chi connectivity index (χ0) is 21.8. The first-order chi connectivity index (χ1) is 13.5. The Morgan fingerprint density at radius 1 is 1.18 bits per heavy atom. The lowest BCUT2D eigenvalue weighted by Gasteiger charge is -2.21. The van der Waals surface area contributed by atoms with Crippen molar-refractivity contribution in [2.75, 3.05) is 26.2 Å². The van der Waals surface area contributed by atoms with Crippen molar-refractivity contribution in [3.8, 4) is 0 Å². The molecule has 2 heteroatoms. The Hall–Kier alpha value is -1.54. The molecular formula is C26H48N2. The molecule has 0 saturated heterocycles. The summed E-state index contributed by atoms with van der Waals surface area (Å²) in [4.78, 5) is 2.56. The Labute approximate surface area is 177 Å². The smallest absolute Gasteiger partial charge is 0.0370 e. The van der Waals surface area contributed by atoms with Gasteiger partial charge >= 0.3 is 0 Å². The van der Waals surface area contributed by atoms with E-state index in [0.29, 0.717) is 0 Å². The molecule has 162 valence electrons. The summed E-state index contributed by atoms with van der Waals surface area (Å²) in [6, 6.07) is 0. The average Bonchev–Trinajstić information content (AvgIpc) is 2.98. The van der Waals surface area contributed by atoms with E-state index < -0.39 is 0 Å². The minimum Gasteiger partial charge on any atom is -0.385 e. The van der Waals surface area contributed by atoms with E-state index in [0.717, 1.165) is 32.5 Å². The summed E-state index contributed by atoms with van der Waals surface area (Å²) in [6.07, 6.45) is 15.6. The first-order valence-electron chi connectivity index (χ1n) is 11.3. The van der Waals surface area contributed by atoms with Gasteiger partial charge in [-0.05, 0) is 64.8 Å². The topological polar surface area (TPSA) is 15.3 Å². The van der Waals surface area contributed by atoms with E-state index in [-0.39, 0.29) is 0 Å². The first kappa shape index (κ1) is 28.7. The second kappa shape index (κ2) is 20.2. The van der Waals surface area contributed by atoms with Crippen molar-refractivity contribution in [3.05, 3.63) is 59.4 Å². The number of hydrogen-bond donors (Lipinski definition) is 1. The van der Waals surface area contributed by atoms with Crippen molar-refractivity contribution in [2.24, 2.45) is 0 Å². The van der Waals surface area contributed by atoms with Crippen LogP contribution in [-0.2, 0) is 0 Å². The molecule has 0 aliphatic carbocycles. The molecule has 0 amide bonds. The lowest BCUT2D eigenvalue weighted by atomic mass is 10.1. The average molecular weight is 389 g/mol. The van der Waals surface area contributed by atoms with Crippen LogP contribution in [0.1, 0.15) is 81.1 Å². The third-order valence-electron chi connectivity index (χ3n) is 4.56. The summed E-state index contributed by atoms with van der Waals surface area (Å²) in [5.74, 6) is 0. The molecule has 1 N–H and O–H groups in total. The number of likely N-dealkylation sites (N-methyl/N-ethyl adjacent to an activating group) is 1. The van der Waals surface area contributed by atoms with Gasteiger partial charge in [0.25, 0.3) is 0 Å². The van der Waals surface area contributed by atoms with Gasteiger partial charge in [-0.15, -0.1) is 6.58 Å². The predicted octanol–water partition coefficient (Wildman–Crippen LogP) is 7.43. The summed E-state index contributed by atoms with van der Waals surface area (Å²) in [5, 5.41) is 3.57. The van der Waals surface area contributed by atoms with Crippen LogP contribution in [0.2, 0.25) is 0 Å². The number of allylic oxidation sites excluding steroid dienone is 7. The van der Waals surface area contributed by atoms with Crippen LogP contribution in [0, 0.1) is 0 Å². The third-order valence-corrected chi connectivity index (χ3v) is 4.56. The molecule has 1 heterocycles. The molecular weight excluding hydrogens is 340 g/mol. The van der Waals surface area contributed by atoms with Crippen molar-refractivity contribution < 1.29 is 0 Å². The zero-order valence-corrected chi connectivity index (χ0v) is 20.2. The highest BCUT2D eigenvalue weighted by Crippen LogP contribution is 2.15. The largest absolute Gasteiger partial charge is 0.385 e. The van der Waals surface area contributed by atoms with Crippen LogP contribution in [0.5, 0.6) is 0 Å². The summed E-state index contributed by atoms with van der Waals surface area (Å²) >= 11 is 0. The number of unbranched alkanes of at least 4 members (excludes halogenated alkanes) is 1. The van der Waals surface area contributed by atoms with Crippen LogP contribution in [-0.4, -0.2) is 31.1 Å². The molecule has 1 aliphatic rings. The summed E-state index contributed by atoms with van der Waals surface area (Å²) in [7, 11) is 0. The first-order valence-corrected chi connectivity index (χ1v) is 11.3. The van der Waals surface area contributed by atoms with Gasteiger partial charge in [0.05, 0.1) is 0 Å². The van der Waals surface area contributed by atoms with E-state index in [4.69, 9.17) is 0 Å². The van der Waals surface area contributed by atoms with Crippen LogP contribution in [0.25, 0.3) is 0 Å². The fraction of sp³-hybridized carbons (Fsp3) is 0.615. The molecule has 28 heavy (non-hydrogen) atoms. The molecule has 1 aliphatic heterocycles. The van der Waals surface area contributed by atoms with Gasteiger partial charge in [-0.2, -0.15) is 0 Å². The fourth-order valence-electron chi connectivity index (χ4n) is 2.62. The van der Waals surface area contributed by atoms with E-state index in [9.17, 15) is 0 Å². The van der Waals surface area contributed by atoms with Crippen molar-refractivity contribution in [3.63, 3.8) is 0 Å². The van der Waals surface area contributed by atoms with Crippen molar-refractivity contribution in [2.45, 2.75) is 81.1 Å². The fourth-order valence-corrected chi connectivity index (χ4v) is 2.62. The Kier molecular flexibility index (Phi) is 20.7. The van der Waals surface area contributed by atoms with Gasteiger partial charge in [0.15, 0.2) is 0 Å². The van der Waals surface area contributed by atoms with Gasteiger partial charge in [0.2, 0.25) is 0 Å². The second-order valence-electron chi connectivity index (χ2n) is 6.86. The molecule has 1 rings (SSSR count). The Balaban J connectivity index is 0. The van der Waals surface area contributed by atoms with Crippen molar-refractivity contribution in [1.29, 1.82) is 0 Å². The van der Waals surface area contributed by atoms with Crippen LogP contribution >= 0.6 is 0 Å². The highest BCUT2D eigenvalue weighted by atomic mass is 15.1. The quantitative estimate of drug-likeness (QED) is 0.326. The molecule has 0 fully saturated rings. The molecule has 0 spiro atoms. The molecule has 0 unspecified atom stereocenters. The Bertz CT molecular complexity index is 507. The number of nitrogens with one attached hydrogen (secondary N) is 1. The lowest BCUT2D eigenvalue weighted by Crippen LogP contribution is -2.27. The van der Waals surface area contributed by atoms with E-state index in [1.807, 2.05) is 19.9 Å². The van der Waals surface area contributed by atoms with E-state index in [2.05, 4.69) is 82.6 Å². The lowest BCUT2D eigenvalue weighted by molar-refractivity contribution is 0.304. The Morgan fingerprint density at radius 3 is 2.32 bits per heavy atom. The minimum atomic E-state index is 1.03. The molecule has 0 radical (unpaired) electrons. The third kappa shape index (κ3) is 14.5. The maximum Gasteiger partial charge on any atom is 0.0370 e. The van der Waals surface area contributed by atoms with E-state index in [1.54, 1.807) is 0 Å². The normalized spacial score (nSPS) is 14.5. The molecule has 0 bridgehead atoms. The highest BCUT2D eigenvalue weighted by Gasteiger charge is 2.09. The van der Waals surface area contributed by atoms with Crippen LogP contribution in [0.4, 0.5) is 0 Å². The number of rotatable bonds is 9. The summed E-state index contributed by atoms with van der Waals surface area (Å²) < 4.78 is 0. The van der Waals surface area contributed by atoms with Gasteiger partial charge in [0.1, 0.15) is 0 Å². The van der Waals surface area contributed by atoms with E-state index in [1.165, 1.54) is 41.8 Å². The molecule has 0 aromatic rings. The van der Waals surface area contributed by atoms with Gasteiger partial charge in [-0.25, -0.2) is 0 Å².